The number of hydrogen-bond donors (Lipinski definition) is 1. The molecule has 1 atom stereocenters. The van der Waals surface area contributed by atoms with Gasteiger partial charge in [-0.1, -0.05) is 0 Å². The number of aliphatic hydroxyl groups is 1. The lowest BCUT2D eigenvalue weighted by molar-refractivity contribution is -0.150. The first-order valence-electron chi connectivity index (χ1n) is 4.16. The topological polar surface area (TPSA) is 63.6 Å². The number of ether oxygens (including phenoxy) is 1. The third-order valence-electron chi connectivity index (χ3n) is 2.00. The summed E-state index contributed by atoms with van der Waals surface area (Å²) in [7, 11) is 1.17. The van der Waals surface area contributed by atoms with Crippen LogP contribution in [0.4, 0.5) is 0 Å². The Labute approximate surface area is 76.2 Å². The molecule has 0 spiro atoms. The van der Waals surface area contributed by atoms with Gasteiger partial charge in [-0.3, -0.25) is 4.79 Å². The summed E-state index contributed by atoms with van der Waals surface area (Å²) in [6, 6.07) is 0. The minimum atomic E-state index is -0.861. The molecule has 0 bridgehead atoms. The number of hydrogen-bond acceptors (Lipinski definition) is 4. The highest BCUT2D eigenvalue weighted by Crippen LogP contribution is 2.18. The molecule has 1 N–H and O–H groups in total. The van der Waals surface area contributed by atoms with Crippen LogP contribution in [0.3, 0.4) is 0 Å². The third-order valence-corrected chi connectivity index (χ3v) is 2.00. The van der Waals surface area contributed by atoms with Gasteiger partial charge in [-0.05, 0) is 25.3 Å². The van der Waals surface area contributed by atoms with Crippen molar-refractivity contribution in [3.63, 3.8) is 0 Å². The van der Waals surface area contributed by atoms with E-state index in [4.69, 9.17) is 0 Å². The molecule has 1 aliphatic carbocycles. The molecule has 0 aromatic carbocycles. The fraction of sp³-hybridized carbons (Fsp3) is 0.556. The van der Waals surface area contributed by atoms with Gasteiger partial charge in [0.25, 0.3) is 5.78 Å². The molecule has 72 valence electrons. The van der Waals surface area contributed by atoms with Crippen molar-refractivity contribution in [2.45, 2.75) is 25.4 Å². The molecule has 0 amide bonds. The number of rotatable bonds is 2. The molecule has 1 unspecified atom stereocenters. The van der Waals surface area contributed by atoms with Crippen LogP contribution in [-0.2, 0) is 14.3 Å². The van der Waals surface area contributed by atoms with Crippen LogP contribution in [0.25, 0.3) is 0 Å². The predicted molar refractivity (Wildman–Crippen MR) is 45.0 cm³/mol. The van der Waals surface area contributed by atoms with Crippen molar-refractivity contribution in [2.24, 2.45) is 0 Å². The van der Waals surface area contributed by atoms with E-state index in [1.165, 1.54) is 13.2 Å². The number of aliphatic hydroxyl groups excluding tert-OH is 1. The summed E-state index contributed by atoms with van der Waals surface area (Å²) in [4.78, 5) is 22.0. The van der Waals surface area contributed by atoms with E-state index in [1.807, 2.05) is 0 Å². The Hall–Kier alpha value is -1.16. The van der Waals surface area contributed by atoms with Crippen molar-refractivity contribution in [3.05, 3.63) is 11.6 Å². The highest BCUT2D eigenvalue weighted by Gasteiger charge is 2.22. The van der Waals surface area contributed by atoms with E-state index in [1.54, 1.807) is 0 Å². The zero-order valence-electron chi connectivity index (χ0n) is 7.45. The summed E-state index contributed by atoms with van der Waals surface area (Å²) in [6.45, 7) is 0. The van der Waals surface area contributed by atoms with Gasteiger partial charge >= 0.3 is 5.97 Å². The normalized spacial score (nSPS) is 22.0. The van der Waals surface area contributed by atoms with Gasteiger partial charge in [0, 0.05) is 5.57 Å². The average Bonchev–Trinajstić information content (AvgIpc) is 2.15. The summed E-state index contributed by atoms with van der Waals surface area (Å²) < 4.78 is 4.29. The van der Waals surface area contributed by atoms with E-state index in [2.05, 4.69) is 4.74 Å². The molecule has 4 heteroatoms. The van der Waals surface area contributed by atoms with E-state index < -0.39 is 17.9 Å². The van der Waals surface area contributed by atoms with Crippen LogP contribution < -0.4 is 0 Å². The van der Waals surface area contributed by atoms with Crippen LogP contribution in [0, 0.1) is 0 Å². The zero-order chi connectivity index (χ0) is 9.84. The maximum Gasteiger partial charge on any atom is 0.379 e. The first-order valence-corrected chi connectivity index (χ1v) is 4.16. The lowest BCUT2D eigenvalue weighted by atomic mass is 9.95. The molecule has 0 saturated heterocycles. The average molecular weight is 184 g/mol. The van der Waals surface area contributed by atoms with Gasteiger partial charge < -0.3 is 9.84 Å². The van der Waals surface area contributed by atoms with Crippen LogP contribution in [0.1, 0.15) is 19.3 Å². The van der Waals surface area contributed by atoms with Gasteiger partial charge in [0.15, 0.2) is 0 Å². The van der Waals surface area contributed by atoms with Crippen molar-refractivity contribution in [1.82, 2.24) is 0 Å². The van der Waals surface area contributed by atoms with E-state index in [9.17, 15) is 14.7 Å². The second-order valence-electron chi connectivity index (χ2n) is 2.97. The zero-order valence-corrected chi connectivity index (χ0v) is 7.45. The summed E-state index contributed by atoms with van der Waals surface area (Å²) in [5, 5.41) is 9.20. The summed E-state index contributed by atoms with van der Waals surface area (Å²) in [5.41, 5.74) is 0.366. The van der Waals surface area contributed by atoms with E-state index in [0.717, 1.165) is 6.42 Å². The molecule has 0 heterocycles. The van der Waals surface area contributed by atoms with Crippen molar-refractivity contribution >= 4 is 11.8 Å². The smallest absolute Gasteiger partial charge is 0.379 e. The monoisotopic (exact) mass is 184 g/mol. The fourth-order valence-corrected chi connectivity index (χ4v) is 1.31. The van der Waals surface area contributed by atoms with Crippen LogP contribution in [0.2, 0.25) is 0 Å². The van der Waals surface area contributed by atoms with Crippen molar-refractivity contribution in [3.8, 4) is 0 Å². The summed E-state index contributed by atoms with van der Waals surface area (Å²) >= 11 is 0. The minimum Gasteiger partial charge on any atom is -0.463 e. The molecule has 0 radical (unpaired) electrons. The molecule has 1 aliphatic rings. The molecule has 0 aromatic rings. The molecule has 0 aromatic heterocycles. The van der Waals surface area contributed by atoms with Gasteiger partial charge in [0.05, 0.1) is 13.2 Å². The number of carbonyl (C=O) groups is 2. The molecule has 0 saturated carbocycles. The van der Waals surface area contributed by atoms with Crippen molar-refractivity contribution in [1.29, 1.82) is 0 Å². The Morgan fingerprint density at radius 2 is 2.31 bits per heavy atom. The number of Topliss-reactive ketones (excluding diaryl/α,β-unsaturated/α-hetero) is 1. The SMILES string of the molecule is COC(=O)C(=O)C1=CC(O)CCC1. The highest BCUT2D eigenvalue weighted by atomic mass is 16.5. The minimum absolute atomic E-state index is 0.366. The second kappa shape index (κ2) is 4.18. The number of ketones is 1. The molecule has 1 rings (SSSR count). The largest absolute Gasteiger partial charge is 0.463 e. The Balaban J connectivity index is 2.71. The lowest BCUT2D eigenvalue weighted by Gasteiger charge is -2.14. The standard InChI is InChI=1S/C9H12O4/c1-13-9(12)8(11)6-3-2-4-7(10)5-6/h5,7,10H,2-4H2,1H3. The molecular formula is C9H12O4. The second-order valence-corrected chi connectivity index (χ2v) is 2.97. The summed E-state index contributed by atoms with van der Waals surface area (Å²) in [6.07, 6.45) is 2.76. The molecular weight excluding hydrogens is 172 g/mol. The molecule has 4 nitrogen and oxygen atoms in total. The highest BCUT2D eigenvalue weighted by molar-refractivity contribution is 6.40. The molecule has 0 fully saturated rings. The van der Waals surface area contributed by atoms with Crippen LogP contribution >= 0.6 is 0 Å². The fourth-order valence-electron chi connectivity index (χ4n) is 1.31. The van der Waals surface area contributed by atoms with E-state index in [-0.39, 0.29) is 0 Å². The Bertz CT molecular complexity index is 254. The molecule has 0 aliphatic heterocycles. The van der Waals surface area contributed by atoms with Crippen LogP contribution in [0.15, 0.2) is 11.6 Å². The number of esters is 1. The van der Waals surface area contributed by atoms with Crippen molar-refractivity contribution < 1.29 is 19.4 Å². The quantitative estimate of drug-likeness (QED) is 0.492. The first kappa shape index (κ1) is 9.92. The predicted octanol–water partition coefficient (Wildman–Crippen LogP) is 0.200. The molecule has 13 heavy (non-hydrogen) atoms. The first-order chi connectivity index (χ1) is 6.15. The maximum atomic E-state index is 11.2. The Kier molecular flexibility index (Phi) is 3.19. The van der Waals surface area contributed by atoms with E-state index in [0.29, 0.717) is 18.4 Å². The van der Waals surface area contributed by atoms with Crippen molar-refractivity contribution in [2.75, 3.05) is 7.11 Å². The number of carbonyl (C=O) groups excluding carboxylic acids is 2. The van der Waals surface area contributed by atoms with Gasteiger partial charge in [-0.2, -0.15) is 0 Å². The van der Waals surface area contributed by atoms with Gasteiger partial charge in [0.1, 0.15) is 0 Å². The number of methoxy groups -OCH3 is 1. The van der Waals surface area contributed by atoms with Gasteiger partial charge in [-0.25, -0.2) is 4.79 Å². The van der Waals surface area contributed by atoms with Gasteiger partial charge in [-0.15, -0.1) is 0 Å². The Morgan fingerprint density at radius 3 is 2.85 bits per heavy atom. The van der Waals surface area contributed by atoms with E-state index >= 15 is 0 Å². The third kappa shape index (κ3) is 2.39. The lowest BCUT2D eigenvalue weighted by Crippen LogP contribution is -2.21. The van der Waals surface area contributed by atoms with Crippen LogP contribution in [0.5, 0.6) is 0 Å². The van der Waals surface area contributed by atoms with Gasteiger partial charge in [0.2, 0.25) is 0 Å². The summed E-state index contributed by atoms with van der Waals surface area (Å²) in [5.74, 6) is -1.50. The van der Waals surface area contributed by atoms with Crippen LogP contribution in [-0.4, -0.2) is 30.1 Å². The Morgan fingerprint density at radius 1 is 1.62 bits per heavy atom. The maximum absolute atomic E-state index is 11.2.